The molecule has 0 heterocycles. The van der Waals surface area contributed by atoms with Gasteiger partial charge in [0.2, 0.25) is 17.7 Å². The first-order valence-electron chi connectivity index (χ1n) is 16.9. The van der Waals surface area contributed by atoms with Gasteiger partial charge in [0.05, 0.1) is 6.54 Å². The van der Waals surface area contributed by atoms with Gasteiger partial charge in [-0.05, 0) is 90.7 Å². The standard InChI is InChI=1S/C37H57N5O4/c1-30(27-32-15-7-5-8-16-32)41(3)25-13-11-23-38-35(44)20-19-34(43)29-40-37(46)22-21-36(45)39-24-12-14-26-42(4)31(2)28-33-17-9-6-10-18-33/h5-10,15-18,30-31H,11-14,19-29H2,1-4H3,(H,38,44)(H,39,45)(H,40,46)/t30-,31-/m0/s1. The normalized spacial score (nSPS) is 12.5. The van der Waals surface area contributed by atoms with Crippen LogP contribution in [0.1, 0.15) is 76.3 Å². The molecule has 0 radical (unpaired) electrons. The van der Waals surface area contributed by atoms with Crippen LogP contribution in [0, 0.1) is 0 Å². The van der Waals surface area contributed by atoms with Crippen molar-refractivity contribution in [3.8, 4) is 0 Å². The molecule has 254 valence electrons. The van der Waals surface area contributed by atoms with Crippen LogP contribution in [0.5, 0.6) is 0 Å². The van der Waals surface area contributed by atoms with Gasteiger partial charge in [0, 0.05) is 50.9 Å². The van der Waals surface area contributed by atoms with Gasteiger partial charge in [0.1, 0.15) is 0 Å². The van der Waals surface area contributed by atoms with E-state index in [1.807, 2.05) is 12.1 Å². The van der Waals surface area contributed by atoms with E-state index in [1.54, 1.807) is 0 Å². The molecule has 9 nitrogen and oxygen atoms in total. The summed E-state index contributed by atoms with van der Waals surface area (Å²) in [5, 5.41) is 8.31. The fourth-order valence-corrected chi connectivity index (χ4v) is 5.12. The summed E-state index contributed by atoms with van der Waals surface area (Å²) in [4.78, 5) is 53.1. The maximum Gasteiger partial charge on any atom is 0.220 e. The molecule has 46 heavy (non-hydrogen) atoms. The van der Waals surface area contributed by atoms with E-state index in [-0.39, 0.29) is 55.7 Å². The van der Waals surface area contributed by atoms with Gasteiger partial charge < -0.3 is 25.8 Å². The van der Waals surface area contributed by atoms with E-state index < -0.39 is 0 Å². The Hall–Kier alpha value is -3.56. The summed E-state index contributed by atoms with van der Waals surface area (Å²) in [7, 11) is 4.25. The lowest BCUT2D eigenvalue weighted by Crippen LogP contribution is -2.33. The number of hydrogen-bond acceptors (Lipinski definition) is 6. The first kappa shape index (κ1) is 38.6. The van der Waals surface area contributed by atoms with Crippen LogP contribution in [0.3, 0.4) is 0 Å². The van der Waals surface area contributed by atoms with Crippen LogP contribution in [0.4, 0.5) is 0 Å². The van der Waals surface area contributed by atoms with Gasteiger partial charge in [-0.15, -0.1) is 0 Å². The second-order valence-corrected chi connectivity index (χ2v) is 12.5. The van der Waals surface area contributed by atoms with Crippen LogP contribution in [0.2, 0.25) is 0 Å². The molecule has 2 atom stereocenters. The number of unbranched alkanes of at least 4 members (excludes halogenated alkanes) is 2. The number of Topliss-reactive ketones (excluding diaryl/α,β-unsaturated/α-hetero) is 1. The van der Waals surface area contributed by atoms with Crippen LogP contribution >= 0.6 is 0 Å². The summed E-state index contributed by atoms with van der Waals surface area (Å²) < 4.78 is 0. The predicted molar refractivity (Wildman–Crippen MR) is 185 cm³/mol. The SMILES string of the molecule is C[C@@H](Cc1ccccc1)N(C)CCCCNC(=O)CCC(=O)CNC(=O)CCC(=O)NCCCCN(C)[C@@H](C)Cc1ccccc1. The van der Waals surface area contributed by atoms with E-state index in [9.17, 15) is 19.2 Å². The Balaban J connectivity index is 1.42. The second kappa shape index (κ2) is 22.9. The molecule has 2 rings (SSSR count). The number of hydrogen-bond donors (Lipinski definition) is 3. The zero-order valence-corrected chi connectivity index (χ0v) is 28.6. The Bertz CT molecular complexity index is 1070. The minimum Gasteiger partial charge on any atom is -0.356 e. The van der Waals surface area contributed by atoms with Crippen molar-refractivity contribution in [2.45, 2.75) is 90.1 Å². The molecule has 9 heteroatoms. The van der Waals surface area contributed by atoms with Crippen LogP contribution < -0.4 is 16.0 Å². The molecule has 0 spiro atoms. The van der Waals surface area contributed by atoms with Crippen LogP contribution in [-0.4, -0.2) is 92.2 Å². The molecule has 3 N–H and O–H groups in total. The molecule has 0 saturated carbocycles. The molecule has 2 aromatic rings. The van der Waals surface area contributed by atoms with Crippen molar-refractivity contribution in [2.24, 2.45) is 0 Å². The van der Waals surface area contributed by atoms with Crippen molar-refractivity contribution in [2.75, 3.05) is 46.8 Å². The average molecular weight is 636 g/mol. The Morgan fingerprint density at radius 2 is 0.957 bits per heavy atom. The number of carbonyl (C=O) groups is 4. The summed E-state index contributed by atoms with van der Waals surface area (Å²) in [6.45, 7) is 7.39. The van der Waals surface area contributed by atoms with Gasteiger partial charge in [0.15, 0.2) is 5.78 Å². The Morgan fingerprint density at radius 3 is 1.39 bits per heavy atom. The predicted octanol–water partition coefficient (Wildman–Crippen LogP) is 4.15. The summed E-state index contributed by atoms with van der Waals surface area (Å²) in [5.41, 5.74) is 2.66. The van der Waals surface area contributed by atoms with E-state index in [0.29, 0.717) is 25.2 Å². The molecule has 0 bridgehead atoms. The van der Waals surface area contributed by atoms with Crippen molar-refractivity contribution in [3.63, 3.8) is 0 Å². The molecule has 0 aliphatic rings. The number of likely N-dealkylation sites (N-methyl/N-ethyl adjacent to an activating group) is 2. The van der Waals surface area contributed by atoms with Crippen LogP contribution in [0.25, 0.3) is 0 Å². The highest BCUT2D eigenvalue weighted by Crippen LogP contribution is 2.09. The molecule has 0 saturated heterocycles. The van der Waals surface area contributed by atoms with Crippen molar-refractivity contribution >= 4 is 23.5 Å². The molecule has 0 fully saturated rings. The van der Waals surface area contributed by atoms with Crippen molar-refractivity contribution in [1.82, 2.24) is 25.8 Å². The minimum atomic E-state index is -0.343. The topological polar surface area (TPSA) is 111 Å². The lowest BCUT2D eigenvalue weighted by Gasteiger charge is -2.24. The maximum atomic E-state index is 12.1. The van der Waals surface area contributed by atoms with E-state index >= 15 is 0 Å². The molecular formula is C37H57N5O4. The van der Waals surface area contributed by atoms with Gasteiger partial charge in [-0.3, -0.25) is 19.2 Å². The molecule has 0 aliphatic heterocycles. The molecule has 3 amide bonds. The fraction of sp³-hybridized carbons (Fsp3) is 0.568. The van der Waals surface area contributed by atoms with Crippen LogP contribution in [-0.2, 0) is 32.0 Å². The van der Waals surface area contributed by atoms with Gasteiger partial charge in [-0.25, -0.2) is 0 Å². The highest BCUT2D eigenvalue weighted by Gasteiger charge is 2.13. The van der Waals surface area contributed by atoms with Gasteiger partial charge in [-0.1, -0.05) is 60.7 Å². The number of ketones is 1. The van der Waals surface area contributed by atoms with Crippen molar-refractivity contribution < 1.29 is 19.2 Å². The first-order chi connectivity index (χ1) is 22.1. The Morgan fingerprint density at radius 1 is 0.565 bits per heavy atom. The third-order valence-electron chi connectivity index (χ3n) is 8.47. The summed E-state index contributed by atoms with van der Waals surface area (Å²) in [6, 6.07) is 21.8. The average Bonchev–Trinajstić information content (AvgIpc) is 3.05. The molecule has 0 unspecified atom stereocenters. The number of rotatable bonds is 24. The van der Waals surface area contributed by atoms with E-state index in [0.717, 1.165) is 51.6 Å². The third-order valence-corrected chi connectivity index (χ3v) is 8.47. The zero-order chi connectivity index (χ0) is 33.6. The molecule has 0 aliphatic carbocycles. The molecule has 2 aromatic carbocycles. The lowest BCUT2D eigenvalue weighted by atomic mass is 10.1. The largest absolute Gasteiger partial charge is 0.356 e. The molecule has 0 aromatic heterocycles. The Kier molecular flexibility index (Phi) is 19.2. The summed E-state index contributed by atoms with van der Waals surface area (Å²) >= 11 is 0. The minimum absolute atomic E-state index is 0.0273. The van der Waals surface area contributed by atoms with Gasteiger partial charge in [-0.2, -0.15) is 0 Å². The zero-order valence-electron chi connectivity index (χ0n) is 28.6. The van der Waals surface area contributed by atoms with Crippen molar-refractivity contribution in [1.29, 1.82) is 0 Å². The number of nitrogens with zero attached hydrogens (tertiary/aromatic N) is 2. The number of carbonyl (C=O) groups excluding carboxylic acids is 4. The second-order valence-electron chi connectivity index (χ2n) is 12.5. The number of amides is 3. The quantitative estimate of drug-likeness (QED) is 0.150. The van der Waals surface area contributed by atoms with Crippen molar-refractivity contribution in [3.05, 3.63) is 71.8 Å². The van der Waals surface area contributed by atoms with E-state index in [4.69, 9.17) is 0 Å². The van der Waals surface area contributed by atoms with Gasteiger partial charge in [0.25, 0.3) is 0 Å². The highest BCUT2D eigenvalue weighted by molar-refractivity contribution is 5.90. The summed E-state index contributed by atoms with van der Waals surface area (Å²) in [6.07, 6.45) is 6.00. The summed E-state index contributed by atoms with van der Waals surface area (Å²) in [5.74, 6) is -0.872. The number of benzene rings is 2. The monoisotopic (exact) mass is 635 g/mol. The maximum absolute atomic E-state index is 12.1. The highest BCUT2D eigenvalue weighted by atomic mass is 16.2. The van der Waals surface area contributed by atoms with Crippen LogP contribution in [0.15, 0.2) is 60.7 Å². The Labute approximate surface area is 276 Å². The van der Waals surface area contributed by atoms with Gasteiger partial charge >= 0.3 is 0 Å². The molecular weight excluding hydrogens is 578 g/mol. The van der Waals surface area contributed by atoms with E-state index in [1.165, 1.54) is 11.1 Å². The number of nitrogens with one attached hydrogen (secondary N) is 3. The van der Waals surface area contributed by atoms with E-state index in [2.05, 4.69) is 102 Å². The smallest absolute Gasteiger partial charge is 0.220 e. The first-order valence-corrected chi connectivity index (χ1v) is 16.9. The fourth-order valence-electron chi connectivity index (χ4n) is 5.12. The lowest BCUT2D eigenvalue weighted by molar-refractivity contribution is -0.128. The third kappa shape index (κ3) is 17.8.